The number of ether oxygens (including phenoxy) is 2. The van der Waals surface area contributed by atoms with Crippen LogP contribution in [-0.4, -0.2) is 56.7 Å². The van der Waals surface area contributed by atoms with Gasteiger partial charge in [-0.2, -0.15) is 0 Å². The first-order valence-corrected chi connectivity index (χ1v) is 15.9. The van der Waals surface area contributed by atoms with Crippen molar-refractivity contribution in [3.63, 3.8) is 0 Å². The number of rotatable bonds is 11. The predicted molar refractivity (Wildman–Crippen MR) is 179 cm³/mol. The molecule has 0 bridgehead atoms. The van der Waals surface area contributed by atoms with E-state index >= 15 is 0 Å². The van der Waals surface area contributed by atoms with Gasteiger partial charge in [0.15, 0.2) is 6.29 Å². The third-order valence-corrected chi connectivity index (χ3v) is 8.79. The van der Waals surface area contributed by atoms with E-state index < -0.39 is 12.4 Å². The fraction of sp³-hybridized carbons (Fsp3) is 0.289. The van der Waals surface area contributed by atoms with Crippen molar-refractivity contribution in [1.82, 2.24) is 20.2 Å². The number of benzene rings is 4. The average molecular weight is 633 g/mol. The molecular weight excluding hydrogens is 592 g/mol. The second-order valence-electron chi connectivity index (χ2n) is 12.1. The summed E-state index contributed by atoms with van der Waals surface area (Å²) in [7, 11) is 2.00. The molecule has 1 fully saturated rings. The number of para-hydroxylation sites is 2. The molecule has 0 unspecified atom stereocenters. The zero-order chi connectivity index (χ0) is 32.8. The molecule has 1 saturated heterocycles. The fourth-order valence-electron chi connectivity index (χ4n) is 5.82. The maximum Gasteiger partial charge on any atom is 0.271 e. The van der Waals surface area contributed by atoms with Crippen molar-refractivity contribution in [3.05, 3.63) is 143 Å². The molecule has 4 aromatic carbocycles. The van der Waals surface area contributed by atoms with E-state index in [2.05, 4.69) is 20.2 Å². The summed E-state index contributed by atoms with van der Waals surface area (Å²) in [5, 5.41) is 23.5. The number of carbonyl (C=O) groups is 1. The van der Waals surface area contributed by atoms with Gasteiger partial charge in [-0.25, -0.2) is 4.98 Å². The molecule has 9 heteroatoms. The van der Waals surface area contributed by atoms with Crippen LogP contribution >= 0.6 is 0 Å². The molecule has 9 nitrogen and oxygen atoms in total. The first-order valence-electron chi connectivity index (χ1n) is 15.9. The van der Waals surface area contributed by atoms with Gasteiger partial charge in [0, 0.05) is 31.1 Å². The van der Waals surface area contributed by atoms with Gasteiger partial charge in [-0.05, 0) is 48.4 Å². The molecule has 242 valence electrons. The maximum absolute atomic E-state index is 12.8. The Kier molecular flexibility index (Phi) is 10.3. The monoisotopic (exact) mass is 632 g/mol. The van der Waals surface area contributed by atoms with Gasteiger partial charge in [0.05, 0.1) is 42.1 Å². The van der Waals surface area contributed by atoms with Gasteiger partial charge in [-0.3, -0.25) is 14.7 Å². The molecule has 1 aliphatic rings. The summed E-state index contributed by atoms with van der Waals surface area (Å²) in [6, 6.07) is 32.6. The fourth-order valence-corrected chi connectivity index (χ4v) is 5.82. The zero-order valence-corrected chi connectivity index (χ0v) is 26.6. The van der Waals surface area contributed by atoms with E-state index in [-0.39, 0.29) is 36.5 Å². The SMILES string of the molecule is C[C@H]([C@@H](O)c1ccccc1)N(C)C[C@@H]1C[C@H](c2ccc(CO)cc2)O[C@H](c2ccc(CNC(=O)c3cnc4ccccc4n3)cc2)O1. The molecule has 0 spiro atoms. The molecule has 5 aromatic rings. The molecule has 1 aromatic heterocycles. The highest BCUT2D eigenvalue weighted by Crippen LogP contribution is 2.38. The largest absolute Gasteiger partial charge is 0.392 e. The van der Waals surface area contributed by atoms with Crippen LogP contribution in [0.15, 0.2) is 109 Å². The highest BCUT2D eigenvalue weighted by atomic mass is 16.7. The molecule has 0 radical (unpaired) electrons. The lowest BCUT2D eigenvalue weighted by molar-refractivity contribution is -0.253. The van der Waals surface area contributed by atoms with Crippen LogP contribution in [0.25, 0.3) is 11.0 Å². The van der Waals surface area contributed by atoms with Crippen molar-refractivity contribution in [2.75, 3.05) is 13.6 Å². The lowest BCUT2D eigenvalue weighted by Gasteiger charge is -2.39. The van der Waals surface area contributed by atoms with E-state index in [0.717, 1.165) is 33.3 Å². The molecular formula is C38H40N4O5. The molecule has 3 N–H and O–H groups in total. The van der Waals surface area contributed by atoms with E-state index in [1.54, 1.807) is 0 Å². The van der Waals surface area contributed by atoms with Crippen molar-refractivity contribution in [2.45, 2.75) is 57.1 Å². The normalized spacial score (nSPS) is 19.4. The van der Waals surface area contributed by atoms with Crippen LogP contribution in [0.1, 0.15) is 70.1 Å². The summed E-state index contributed by atoms with van der Waals surface area (Å²) >= 11 is 0. The number of nitrogens with one attached hydrogen (secondary N) is 1. The summed E-state index contributed by atoms with van der Waals surface area (Å²) in [5.41, 5.74) is 6.19. The number of aliphatic hydroxyl groups is 2. The number of fused-ring (bicyclic) bond motifs is 1. The summed E-state index contributed by atoms with van der Waals surface area (Å²) < 4.78 is 13.1. The zero-order valence-electron chi connectivity index (χ0n) is 26.6. The molecule has 0 saturated carbocycles. The van der Waals surface area contributed by atoms with E-state index in [9.17, 15) is 15.0 Å². The molecule has 1 amide bonds. The lowest BCUT2D eigenvalue weighted by Crippen LogP contribution is -2.43. The Morgan fingerprint density at radius 1 is 0.894 bits per heavy atom. The summed E-state index contributed by atoms with van der Waals surface area (Å²) in [5.74, 6) is -0.292. The van der Waals surface area contributed by atoms with Crippen molar-refractivity contribution in [3.8, 4) is 0 Å². The number of hydrogen-bond donors (Lipinski definition) is 3. The van der Waals surface area contributed by atoms with Gasteiger partial charge in [0.25, 0.3) is 5.91 Å². The van der Waals surface area contributed by atoms with Crippen LogP contribution < -0.4 is 5.32 Å². The molecule has 47 heavy (non-hydrogen) atoms. The number of aromatic nitrogens is 2. The Hall–Kier alpha value is -4.51. The number of likely N-dealkylation sites (N-methyl/N-ethyl adjacent to an activating group) is 1. The van der Waals surface area contributed by atoms with Gasteiger partial charge in [0.2, 0.25) is 0 Å². The third-order valence-electron chi connectivity index (χ3n) is 8.79. The van der Waals surface area contributed by atoms with Crippen LogP contribution in [0.3, 0.4) is 0 Å². The van der Waals surface area contributed by atoms with E-state index in [0.29, 0.717) is 25.0 Å². The maximum atomic E-state index is 12.8. The van der Waals surface area contributed by atoms with Crippen LogP contribution in [0.4, 0.5) is 0 Å². The van der Waals surface area contributed by atoms with E-state index in [1.165, 1.54) is 6.20 Å². The summed E-state index contributed by atoms with van der Waals surface area (Å²) in [6.45, 7) is 2.92. The minimum Gasteiger partial charge on any atom is -0.392 e. The smallest absolute Gasteiger partial charge is 0.271 e. The highest BCUT2D eigenvalue weighted by Gasteiger charge is 2.34. The van der Waals surface area contributed by atoms with Gasteiger partial charge in [-0.15, -0.1) is 0 Å². The Morgan fingerprint density at radius 3 is 2.28 bits per heavy atom. The topological polar surface area (TPSA) is 117 Å². The number of carbonyl (C=O) groups excluding carboxylic acids is 1. The van der Waals surface area contributed by atoms with Gasteiger partial charge in [-0.1, -0.05) is 91.0 Å². The third kappa shape index (κ3) is 7.90. The van der Waals surface area contributed by atoms with E-state index in [4.69, 9.17) is 9.47 Å². The number of hydrogen-bond acceptors (Lipinski definition) is 8. The Labute approximate surface area is 274 Å². The highest BCUT2D eigenvalue weighted by molar-refractivity contribution is 5.93. The lowest BCUT2D eigenvalue weighted by atomic mass is 9.98. The minimum atomic E-state index is -0.639. The predicted octanol–water partition coefficient (Wildman–Crippen LogP) is 5.65. The van der Waals surface area contributed by atoms with Gasteiger partial charge >= 0.3 is 0 Å². The molecule has 0 aliphatic carbocycles. The van der Waals surface area contributed by atoms with Crippen LogP contribution in [0.5, 0.6) is 0 Å². The van der Waals surface area contributed by atoms with Gasteiger partial charge in [0.1, 0.15) is 5.69 Å². The van der Waals surface area contributed by atoms with Crippen molar-refractivity contribution >= 4 is 16.9 Å². The summed E-state index contributed by atoms with van der Waals surface area (Å²) in [6.07, 6.45) is 0.471. The first kappa shape index (κ1) is 32.4. The minimum absolute atomic E-state index is 0.0188. The molecule has 6 rings (SSSR count). The van der Waals surface area contributed by atoms with Crippen molar-refractivity contribution in [2.24, 2.45) is 0 Å². The van der Waals surface area contributed by atoms with Crippen LogP contribution in [0.2, 0.25) is 0 Å². The number of aliphatic hydroxyl groups excluding tert-OH is 2. The Bertz CT molecular complexity index is 1770. The average Bonchev–Trinajstić information content (AvgIpc) is 3.13. The first-order chi connectivity index (χ1) is 22.9. The Balaban J connectivity index is 1.13. The van der Waals surface area contributed by atoms with Crippen LogP contribution in [-0.2, 0) is 22.6 Å². The van der Waals surface area contributed by atoms with Crippen LogP contribution in [0, 0.1) is 0 Å². The second kappa shape index (κ2) is 14.9. The Morgan fingerprint density at radius 2 is 1.55 bits per heavy atom. The molecule has 2 heterocycles. The van der Waals surface area contributed by atoms with E-state index in [1.807, 2.05) is 117 Å². The van der Waals surface area contributed by atoms with Crippen molar-refractivity contribution < 1.29 is 24.5 Å². The second-order valence-corrected chi connectivity index (χ2v) is 12.1. The standard InChI is InChI=1S/C38H40N4O5/c1-25(36(44)29-8-4-3-5-9-29)42(2)23-31-20-35(28-16-14-27(24-43)15-17-28)47-38(46-31)30-18-12-26(13-19-30)21-40-37(45)34-22-39-32-10-6-7-11-33(32)41-34/h3-19,22,25,31,35-36,38,43-44H,20-21,23-24H2,1-2H3,(H,40,45)/t25-,31+,35-,36-,38-/m1/s1. The van der Waals surface area contributed by atoms with Crippen molar-refractivity contribution in [1.29, 1.82) is 0 Å². The molecule has 5 atom stereocenters. The summed E-state index contributed by atoms with van der Waals surface area (Å²) in [4.78, 5) is 23.7. The number of amides is 1. The number of nitrogens with zero attached hydrogens (tertiary/aromatic N) is 3. The quantitative estimate of drug-likeness (QED) is 0.171. The van der Waals surface area contributed by atoms with Gasteiger partial charge < -0.3 is 25.0 Å². The molecule has 1 aliphatic heterocycles.